The van der Waals surface area contributed by atoms with Crippen LogP contribution in [0.3, 0.4) is 0 Å². The Kier molecular flexibility index (Phi) is 6.89. The summed E-state index contributed by atoms with van der Waals surface area (Å²) < 4.78 is 32.8. The minimum atomic E-state index is -3.42. The molecule has 0 unspecified atom stereocenters. The fourth-order valence-corrected chi connectivity index (χ4v) is 5.96. The fourth-order valence-electron chi connectivity index (χ4n) is 3.78. The number of para-hydroxylation sites is 1. The van der Waals surface area contributed by atoms with Crippen LogP contribution < -0.4 is 10.2 Å². The van der Waals surface area contributed by atoms with Crippen LogP contribution in [0.2, 0.25) is 0 Å². The van der Waals surface area contributed by atoms with Crippen LogP contribution in [0.1, 0.15) is 18.4 Å². The van der Waals surface area contributed by atoms with Gasteiger partial charge >= 0.3 is 0 Å². The summed E-state index contributed by atoms with van der Waals surface area (Å²) in [7, 11) is -3.42. The van der Waals surface area contributed by atoms with Crippen molar-refractivity contribution in [1.29, 1.82) is 0 Å². The highest BCUT2D eigenvalue weighted by Gasteiger charge is 2.27. The number of rotatable bonds is 8. The summed E-state index contributed by atoms with van der Waals surface area (Å²) in [5.74, 6) is 1.50. The molecule has 3 aromatic carbocycles. The molecule has 0 atom stereocenters. The average Bonchev–Trinajstić information content (AvgIpc) is 3.59. The van der Waals surface area contributed by atoms with Gasteiger partial charge in [0.25, 0.3) is 0 Å². The lowest BCUT2D eigenvalue weighted by Crippen LogP contribution is -2.27. The van der Waals surface area contributed by atoms with Crippen molar-refractivity contribution >= 4 is 32.7 Å². The number of hydrogen-bond donors (Lipinski definition) is 1. The molecule has 1 saturated heterocycles. The number of thiazole rings is 1. The van der Waals surface area contributed by atoms with Crippen LogP contribution in [-0.2, 0) is 10.0 Å². The van der Waals surface area contributed by atoms with Gasteiger partial charge in [-0.25, -0.2) is 13.4 Å². The molecule has 0 saturated carbocycles. The van der Waals surface area contributed by atoms with Crippen molar-refractivity contribution in [3.05, 3.63) is 89.8 Å². The van der Waals surface area contributed by atoms with Crippen LogP contribution >= 0.6 is 11.3 Å². The van der Waals surface area contributed by atoms with Crippen LogP contribution in [0.4, 0.5) is 5.13 Å². The molecule has 35 heavy (non-hydrogen) atoms. The highest BCUT2D eigenvalue weighted by molar-refractivity contribution is 7.89. The molecule has 1 aromatic heterocycles. The number of hydrazone groups is 1. The molecule has 5 rings (SSSR count). The van der Waals surface area contributed by atoms with E-state index in [-0.39, 0.29) is 0 Å². The third-order valence-electron chi connectivity index (χ3n) is 5.57. The van der Waals surface area contributed by atoms with Gasteiger partial charge in [0, 0.05) is 24.0 Å². The van der Waals surface area contributed by atoms with E-state index in [4.69, 9.17) is 4.74 Å². The van der Waals surface area contributed by atoms with E-state index >= 15 is 0 Å². The molecular formula is C26H24N4O3S2. The number of nitrogens with one attached hydrogen (secondary N) is 1. The fraction of sp³-hybridized carbons (Fsp3) is 0.154. The summed E-state index contributed by atoms with van der Waals surface area (Å²) in [5.41, 5.74) is 5.46. The zero-order chi connectivity index (χ0) is 24.1. The summed E-state index contributed by atoms with van der Waals surface area (Å²) in [6.07, 6.45) is 3.54. The zero-order valence-electron chi connectivity index (χ0n) is 18.9. The van der Waals surface area contributed by atoms with Gasteiger partial charge in [-0.05, 0) is 54.8 Å². The van der Waals surface area contributed by atoms with E-state index < -0.39 is 10.0 Å². The molecule has 7 nitrogen and oxygen atoms in total. The summed E-state index contributed by atoms with van der Waals surface area (Å²) in [4.78, 5) is 4.88. The summed E-state index contributed by atoms with van der Waals surface area (Å²) >= 11 is 1.43. The molecule has 0 bridgehead atoms. The van der Waals surface area contributed by atoms with Crippen molar-refractivity contribution in [2.45, 2.75) is 17.7 Å². The average molecular weight is 505 g/mol. The molecule has 1 fully saturated rings. The van der Waals surface area contributed by atoms with Crippen LogP contribution in [0.5, 0.6) is 11.5 Å². The molecule has 4 aromatic rings. The van der Waals surface area contributed by atoms with Crippen molar-refractivity contribution < 1.29 is 13.2 Å². The lowest BCUT2D eigenvalue weighted by Gasteiger charge is -2.15. The molecule has 1 aliphatic heterocycles. The molecule has 9 heteroatoms. The van der Waals surface area contributed by atoms with Gasteiger partial charge in [-0.2, -0.15) is 9.41 Å². The van der Waals surface area contributed by atoms with Gasteiger partial charge in [0.2, 0.25) is 15.2 Å². The number of nitrogens with zero attached hydrogens (tertiary/aromatic N) is 3. The normalized spacial score (nSPS) is 14.4. The van der Waals surface area contributed by atoms with Gasteiger partial charge < -0.3 is 4.74 Å². The van der Waals surface area contributed by atoms with Crippen molar-refractivity contribution in [2.24, 2.45) is 5.10 Å². The van der Waals surface area contributed by atoms with E-state index in [2.05, 4.69) is 15.5 Å². The Labute approximate surface area is 208 Å². The lowest BCUT2D eigenvalue weighted by molar-refractivity contribution is 0.477. The first kappa shape index (κ1) is 23.2. The first-order valence-electron chi connectivity index (χ1n) is 11.3. The van der Waals surface area contributed by atoms with Crippen molar-refractivity contribution in [1.82, 2.24) is 9.29 Å². The van der Waals surface area contributed by atoms with E-state index in [9.17, 15) is 8.42 Å². The first-order valence-corrected chi connectivity index (χ1v) is 13.6. The van der Waals surface area contributed by atoms with Gasteiger partial charge in [-0.3, -0.25) is 5.43 Å². The second-order valence-electron chi connectivity index (χ2n) is 8.03. The molecule has 1 N–H and O–H groups in total. The van der Waals surface area contributed by atoms with E-state index in [1.165, 1.54) is 11.3 Å². The molecule has 0 radical (unpaired) electrons. The SMILES string of the molecule is O=S(=O)(c1ccc(-c2csc(N/N=C/c3cccc(Oc4ccccc4)c3)n2)cc1)N1CCCC1. The maximum absolute atomic E-state index is 12.7. The predicted molar refractivity (Wildman–Crippen MR) is 140 cm³/mol. The van der Waals surface area contributed by atoms with Crippen LogP contribution in [0.15, 0.2) is 94.2 Å². The van der Waals surface area contributed by atoms with Crippen LogP contribution in [-0.4, -0.2) is 37.0 Å². The zero-order valence-corrected chi connectivity index (χ0v) is 20.5. The Balaban J connectivity index is 1.21. The van der Waals surface area contributed by atoms with E-state index in [1.54, 1.807) is 34.8 Å². The second kappa shape index (κ2) is 10.4. The van der Waals surface area contributed by atoms with Gasteiger partial charge in [0.1, 0.15) is 11.5 Å². The number of benzene rings is 3. The Morgan fingerprint density at radius 1 is 0.943 bits per heavy atom. The molecule has 178 valence electrons. The number of anilines is 1. The highest BCUT2D eigenvalue weighted by Crippen LogP contribution is 2.28. The maximum atomic E-state index is 12.7. The molecule has 0 aliphatic carbocycles. The topological polar surface area (TPSA) is 83.9 Å². The Morgan fingerprint density at radius 3 is 2.46 bits per heavy atom. The summed E-state index contributed by atoms with van der Waals surface area (Å²) in [6, 6.07) is 24.2. The molecule has 0 amide bonds. The first-order chi connectivity index (χ1) is 17.1. The van der Waals surface area contributed by atoms with E-state index in [1.807, 2.05) is 60.0 Å². The quantitative estimate of drug-likeness (QED) is 0.241. The number of ether oxygens (including phenoxy) is 1. The Hall–Kier alpha value is -3.53. The van der Waals surface area contributed by atoms with Gasteiger partial charge in [-0.1, -0.05) is 42.5 Å². The smallest absolute Gasteiger partial charge is 0.243 e. The van der Waals surface area contributed by atoms with Gasteiger partial charge in [0.15, 0.2) is 0 Å². The van der Waals surface area contributed by atoms with Crippen molar-refractivity contribution in [2.75, 3.05) is 18.5 Å². The predicted octanol–water partition coefficient (Wildman–Crippen LogP) is 5.83. The molecule has 1 aliphatic rings. The number of aromatic nitrogens is 1. The van der Waals surface area contributed by atoms with Gasteiger partial charge in [-0.15, -0.1) is 11.3 Å². The monoisotopic (exact) mass is 504 g/mol. The van der Waals surface area contributed by atoms with Crippen LogP contribution in [0, 0.1) is 0 Å². The molecule has 0 spiro atoms. The summed E-state index contributed by atoms with van der Waals surface area (Å²) in [5, 5.41) is 6.84. The van der Waals surface area contributed by atoms with E-state index in [0.29, 0.717) is 23.1 Å². The lowest BCUT2D eigenvalue weighted by atomic mass is 10.2. The summed E-state index contributed by atoms with van der Waals surface area (Å²) in [6.45, 7) is 1.19. The third kappa shape index (κ3) is 5.59. The number of hydrogen-bond acceptors (Lipinski definition) is 7. The largest absolute Gasteiger partial charge is 0.457 e. The standard InChI is InChI=1S/C26H24N4O3S2/c31-35(32,30-15-4-5-16-30)24-13-11-21(12-14-24)25-19-34-26(28-25)29-27-18-20-7-6-10-23(17-20)33-22-8-2-1-3-9-22/h1-3,6-14,17-19H,4-5,15-16H2,(H,28,29)/b27-18+. The maximum Gasteiger partial charge on any atom is 0.243 e. The number of sulfonamides is 1. The van der Waals surface area contributed by atoms with E-state index in [0.717, 1.165) is 41.2 Å². The minimum absolute atomic E-state index is 0.319. The van der Waals surface area contributed by atoms with Crippen LogP contribution in [0.25, 0.3) is 11.3 Å². The minimum Gasteiger partial charge on any atom is -0.457 e. The second-order valence-corrected chi connectivity index (χ2v) is 10.8. The molecular weight excluding hydrogens is 480 g/mol. The van der Waals surface area contributed by atoms with Crippen molar-refractivity contribution in [3.63, 3.8) is 0 Å². The third-order valence-corrected chi connectivity index (χ3v) is 8.23. The molecule has 2 heterocycles. The Bertz CT molecular complexity index is 1410. The Morgan fingerprint density at radius 2 is 1.69 bits per heavy atom. The van der Waals surface area contributed by atoms with Crippen molar-refractivity contribution in [3.8, 4) is 22.8 Å². The van der Waals surface area contributed by atoms with Gasteiger partial charge in [0.05, 0.1) is 16.8 Å². The highest BCUT2D eigenvalue weighted by atomic mass is 32.2.